The van der Waals surface area contributed by atoms with E-state index >= 15 is 0 Å². The van der Waals surface area contributed by atoms with Crippen molar-refractivity contribution in [2.24, 2.45) is 11.3 Å². The first-order valence-corrected chi connectivity index (χ1v) is 7.75. The number of carbonyl (C=O) groups is 1. The smallest absolute Gasteiger partial charge is 0.228 e. The molecule has 1 unspecified atom stereocenters. The normalized spacial score (nSPS) is 22.5. The molecule has 6 nitrogen and oxygen atoms in total. The number of nitrogens with zero attached hydrogens (tertiary/aromatic N) is 3. The number of nitrogens with one attached hydrogen (secondary N) is 2. The van der Waals surface area contributed by atoms with E-state index in [2.05, 4.69) is 20.7 Å². The summed E-state index contributed by atoms with van der Waals surface area (Å²) in [5.41, 5.74) is 1.01. The highest BCUT2D eigenvalue weighted by atomic mass is 16.2. The van der Waals surface area contributed by atoms with Crippen LogP contribution in [0.4, 0.5) is 5.69 Å². The van der Waals surface area contributed by atoms with Gasteiger partial charge in [0.15, 0.2) is 5.82 Å². The van der Waals surface area contributed by atoms with Gasteiger partial charge in [0.2, 0.25) is 5.91 Å². The van der Waals surface area contributed by atoms with E-state index in [-0.39, 0.29) is 17.2 Å². The molecular formula is C16H19N5O. The minimum absolute atomic E-state index is 0.135. The Morgan fingerprint density at radius 1 is 1.36 bits per heavy atom. The molecule has 1 saturated carbocycles. The van der Waals surface area contributed by atoms with Crippen LogP contribution in [0.5, 0.6) is 0 Å². The number of carbonyl (C=O) groups excluding carboxylic acids is 1. The molecule has 1 amide bonds. The molecule has 0 bridgehead atoms. The fraction of sp³-hybridized carbons (Fsp3) is 0.438. The number of hydrogen-bond donors (Lipinski definition) is 2. The van der Waals surface area contributed by atoms with Crippen molar-refractivity contribution in [2.75, 3.05) is 18.4 Å². The Balaban J connectivity index is 1.40. The quantitative estimate of drug-likeness (QED) is 0.902. The minimum Gasteiger partial charge on any atom is -0.324 e. The van der Waals surface area contributed by atoms with Crippen molar-refractivity contribution in [3.8, 4) is 5.82 Å². The van der Waals surface area contributed by atoms with Gasteiger partial charge in [-0.05, 0) is 56.0 Å². The van der Waals surface area contributed by atoms with Gasteiger partial charge in [0.1, 0.15) is 0 Å². The van der Waals surface area contributed by atoms with Gasteiger partial charge >= 0.3 is 0 Å². The Morgan fingerprint density at radius 3 is 2.91 bits per heavy atom. The first-order valence-electron chi connectivity index (χ1n) is 7.75. The van der Waals surface area contributed by atoms with E-state index in [1.54, 1.807) is 17.1 Å². The summed E-state index contributed by atoms with van der Waals surface area (Å²) < 4.78 is 1.69. The van der Waals surface area contributed by atoms with Crippen LogP contribution in [0, 0.1) is 11.3 Å². The van der Waals surface area contributed by atoms with E-state index in [0.29, 0.717) is 0 Å². The van der Waals surface area contributed by atoms with Gasteiger partial charge in [-0.2, -0.15) is 5.10 Å². The molecule has 0 radical (unpaired) electrons. The van der Waals surface area contributed by atoms with Crippen LogP contribution in [0.1, 0.15) is 19.3 Å². The molecular weight excluding hydrogens is 278 g/mol. The third kappa shape index (κ3) is 2.39. The molecule has 6 heteroatoms. The fourth-order valence-corrected chi connectivity index (χ4v) is 3.42. The van der Waals surface area contributed by atoms with Gasteiger partial charge < -0.3 is 10.6 Å². The summed E-state index contributed by atoms with van der Waals surface area (Å²) in [6.45, 7) is 2.06. The lowest BCUT2D eigenvalue weighted by Crippen LogP contribution is -2.31. The lowest BCUT2D eigenvalue weighted by Gasteiger charge is -2.23. The molecule has 2 aromatic heterocycles. The van der Waals surface area contributed by atoms with Gasteiger partial charge in [-0.3, -0.25) is 4.79 Å². The number of amides is 1. The maximum absolute atomic E-state index is 12.4. The number of aromatic nitrogens is 3. The third-order valence-electron chi connectivity index (χ3n) is 4.86. The van der Waals surface area contributed by atoms with Gasteiger partial charge in [-0.1, -0.05) is 0 Å². The van der Waals surface area contributed by atoms with Gasteiger partial charge in [0.05, 0.1) is 11.9 Å². The van der Waals surface area contributed by atoms with E-state index in [0.717, 1.165) is 43.9 Å². The summed E-state index contributed by atoms with van der Waals surface area (Å²) in [6, 6.07) is 5.58. The maximum Gasteiger partial charge on any atom is 0.228 e. The molecule has 0 aromatic carbocycles. The van der Waals surface area contributed by atoms with Crippen molar-refractivity contribution in [3.63, 3.8) is 0 Å². The van der Waals surface area contributed by atoms with Crippen LogP contribution in [0.15, 0.2) is 36.8 Å². The molecule has 1 aliphatic heterocycles. The average Bonchev–Trinajstić information content (AvgIpc) is 3.00. The molecule has 1 aliphatic carbocycles. The second kappa shape index (κ2) is 5.21. The predicted octanol–water partition coefficient (Wildman–Crippen LogP) is 1.60. The third-order valence-corrected chi connectivity index (χ3v) is 4.86. The minimum atomic E-state index is 0.135. The lowest BCUT2D eigenvalue weighted by atomic mass is 9.92. The fourth-order valence-electron chi connectivity index (χ4n) is 3.42. The maximum atomic E-state index is 12.4. The molecule has 1 atom stereocenters. The van der Waals surface area contributed by atoms with E-state index in [9.17, 15) is 4.79 Å². The highest BCUT2D eigenvalue weighted by molar-refractivity contribution is 5.95. The Bertz CT molecular complexity index is 658. The van der Waals surface area contributed by atoms with Gasteiger partial charge in [-0.15, -0.1) is 0 Å². The van der Waals surface area contributed by atoms with E-state index < -0.39 is 0 Å². The first kappa shape index (κ1) is 13.5. The Labute approximate surface area is 128 Å². The van der Waals surface area contributed by atoms with Crippen molar-refractivity contribution in [3.05, 3.63) is 36.8 Å². The zero-order valence-corrected chi connectivity index (χ0v) is 12.3. The van der Waals surface area contributed by atoms with E-state index in [4.69, 9.17) is 0 Å². The summed E-state index contributed by atoms with van der Waals surface area (Å²) in [6.07, 6.45) is 8.49. The van der Waals surface area contributed by atoms with Crippen molar-refractivity contribution >= 4 is 11.6 Å². The molecule has 114 valence electrons. The number of piperidine rings is 1. The molecule has 1 saturated heterocycles. The van der Waals surface area contributed by atoms with Crippen LogP contribution in [0.2, 0.25) is 0 Å². The standard InChI is InChI=1S/C16H19N5O/c22-15(13-10-16(13)4-7-17-8-5-16)20-12-2-3-14(18-11-12)21-9-1-6-19-21/h1-3,6,9,11,13,17H,4-5,7-8,10H2,(H,20,22). The summed E-state index contributed by atoms with van der Waals surface area (Å²) >= 11 is 0. The van der Waals surface area contributed by atoms with Crippen LogP contribution in [0.3, 0.4) is 0 Å². The van der Waals surface area contributed by atoms with Crippen LogP contribution >= 0.6 is 0 Å². The summed E-state index contributed by atoms with van der Waals surface area (Å²) in [5.74, 6) is 1.04. The van der Waals surface area contributed by atoms with Crippen LogP contribution < -0.4 is 10.6 Å². The molecule has 2 fully saturated rings. The van der Waals surface area contributed by atoms with Crippen LogP contribution in [-0.4, -0.2) is 33.8 Å². The van der Waals surface area contributed by atoms with Gasteiger partial charge in [0, 0.05) is 18.3 Å². The van der Waals surface area contributed by atoms with Gasteiger partial charge in [-0.25, -0.2) is 9.67 Å². The summed E-state index contributed by atoms with van der Waals surface area (Å²) in [5, 5.41) is 10.5. The van der Waals surface area contributed by atoms with Crippen molar-refractivity contribution in [1.29, 1.82) is 0 Å². The zero-order chi connectivity index (χ0) is 15.0. The molecule has 2 aromatic rings. The molecule has 2 N–H and O–H groups in total. The molecule has 3 heterocycles. The highest BCUT2D eigenvalue weighted by Crippen LogP contribution is 2.58. The second-order valence-corrected chi connectivity index (χ2v) is 6.21. The summed E-state index contributed by atoms with van der Waals surface area (Å²) in [4.78, 5) is 16.7. The number of rotatable bonds is 3. The SMILES string of the molecule is O=C(Nc1ccc(-n2cccn2)nc1)C1CC12CCNCC2. The topological polar surface area (TPSA) is 71.8 Å². The molecule has 1 spiro atoms. The molecule has 4 rings (SSSR count). The highest BCUT2D eigenvalue weighted by Gasteiger charge is 2.57. The Morgan fingerprint density at radius 2 is 2.23 bits per heavy atom. The van der Waals surface area contributed by atoms with Crippen LogP contribution in [0.25, 0.3) is 5.82 Å². The van der Waals surface area contributed by atoms with Gasteiger partial charge in [0.25, 0.3) is 0 Å². The monoisotopic (exact) mass is 297 g/mol. The number of hydrogen-bond acceptors (Lipinski definition) is 4. The molecule has 2 aliphatic rings. The number of pyridine rings is 1. The number of anilines is 1. The lowest BCUT2D eigenvalue weighted by molar-refractivity contribution is -0.118. The van der Waals surface area contributed by atoms with E-state index in [1.165, 1.54) is 0 Å². The van der Waals surface area contributed by atoms with E-state index in [1.807, 2.05) is 24.4 Å². The van der Waals surface area contributed by atoms with Crippen molar-refractivity contribution in [2.45, 2.75) is 19.3 Å². The molecule has 22 heavy (non-hydrogen) atoms. The Hall–Kier alpha value is -2.21. The first-order chi connectivity index (χ1) is 10.8. The average molecular weight is 297 g/mol. The zero-order valence-electron chi connectivity index (χ0n) is 12.3. The van der Waals surface area contributed by atoms with Crippen molar-refractivity contribution < 1.29 is 4.79 Å². The predicted molar refractivity (Wildman–Crippen MR) is 82.6 cm³/mol. The van der Waals surface area contributed by atoms with Crippen LogP contribution in [-0.2, 0) is 4.79 Å². The van der Waals surface area contributed by atoms with Crippen molar-refractivity contribution in [1.82, 2.24) is 20.1 Å². The largest absolute Gasteiger partial charge is 0.324 e. The second-order valence-electron chi connectivity index (χ2n) is 6.21. The summed E-state index contributed by atoms with van der Waals surface area (Å²) in [7, 11) is 0. The Kier molecular flexibility index (Phi) is 3.18.